The van der Waals surface area contributed by atoms with Gasteiger partial charge in [0.25, 0.3) is 0 Å². The fourth-order valence-corrected chi connectivity index (χ4v) is 5.82. The molecule has 3 nitrogen and oxygen atoms in total. The van der Waals surface area contributed by atoms with Crippen LogP contribution in [-0.2, 0) is 10.0 Å². The molecule has 0 bridgehead atoms. The normalized spacial score (nSPS) is 17.5. The molecule has 1 saturated heterocycles. The molecule has 0 aromatic carbocycles. The molecule has 23 heavy (non-hydrogen) atoms. The largest absolute Gasteiger partial charge is 0.219 e. The summed E-state index contributed by atoms with van der Waals surface area (Å²) >= 11 is 0. The molecule has 0 aliphatic carbocycles. The summed E-state index contributed by atoms with van der Waals surface area (Å²) in [6.45, 7) is 7.90. The average molecular weight is 346 g/mol. The summed E-state index contributed by atoms with van der Waals surface area (Å²) in [4.78, 5) is 0. The van der Waals surface area contributed by atoms with Gasteiger partial charge in [0, 0.05) is 13.1 Å². The Bertz CT molecular complexity index is 388. The van der Waals surface area contributed by atoms with Crippen LogP contribution in [0.15, 0.2) is 0 Å². The summed E-state index contributed by atoms with van der Waals surface area (Å²) in [7, 11) is -3.16. The number of nitrogens with zero attached hydrogens (tertiary/aromatic N) is 1. The van der Waals surface area contributed by atoms with Crippen LogP contribution in [-0.4, -0.2) is 30.6 Å². The molecule has 0 unspecified atom stereocenters. The Hall–Kier alpha value is -0.0900. The molecule has 4 heteroatoms. The molecule has 1 heterocycles. The zero-order valence-corrected chi connectivity index (χ0v) is 16.6. The molecule has 1 rings (SSSR count). The molecule has 0 N–H and O–H groups in total. The topological polar surface area (TPSA) is 37.4 Å². The first-order valence-electron chi connectivity index (χ1n) is 9.97. The Labute approximate surface area is 145 Å². The van der Waals surface area contributed by atoms with Gasteiger partial charge >= 0.3 is 0 Å². The van der Waals surface area contributed by atoms with E-state index < -0.39 is 14.8 Å². The van der Waals surface area contributed by atoms with Crippen molar-refractivity contribution in [1.82, 2.24) is 4.31 Å². The smallest absolute Gasteiger partial charge is 0.212 e. The molecule has 1 aliphatic heterocycles. The van der Waals surface area contributed by atoms with Crippen molar-refractivity contribution in [2.45, 2.75) is 109 Å². The second-order valence-corrected chi connectivity index (χ2v) is 9.99. The van der Waals surface area contributed by atoms with Crippen LogP contribution in [0.2, 0.25) is 0 Å². The van der Waals surface area contributed by atoms with Gasteiger partial charge in [-0.25, -0.2) is 12.7 Å². The molecule has 0 saturated carbocycles. The van der Waals surface area contributed by atoms with E-state index in [1.54, 1.807) is 4.31 Å². The van der Waals surface area contributed by atoms with Gasteiger partial charge in [0.15, 0.2) is 0 Å². The highest BCUT2D eigenvalue weighted by Crippen LogP contribution is 2.34. The van der Waals surface area contributed by atoms with E-state index in [-0.39, 0.29) is 0 Å². The number of hydrogen-bond acceptors (Lipinski definition) is 2. The van der Waals surface area contributed by atoms with Crippen LogP contribution in [0.25, 0.3) is 0 Å². The van der Waals surface area contributed by atoms with E-state index in [0.717, 1.165) is 64.5 Å². The second-order valence-electron chi connectivity index (χ2n) is 7.54. The van der Waals surface area contributed by atoms with Crippen molar-refractivity contribution in [2.24, 2.45) is 0 Å². The van der Waals surface area contributed by atoms with Crippen LogP contribution in [0, 0.1) is 0 Å². The zero-order valence-electron chi connectivity index (χ0n) is 15.8. The van der Waals surface area contributed by atoms with Gasteiger partial charge in [0.2, 0.25) is 10.0 Å². The van der Waals surface area contributed by atoms with E-state index in [1.165, 1.54) is 32.1 Å². The number of unbranched alkanes of at least 4 members (excludes halogenated alkanes) is 6. The molecule has 0 aromatic heterocycles. The van der Waals surface area contributed by atoms with E-state index in [1.807, 2.05) is 6.92 Å². The Morgan fingerprint density at radius 3 is 1.70 bits per heavy atom. The number of hydrogen-bond donors (Lipinski definition) is 0. The summed E-state index contributed by atoms with van der Waals surface area (Å²) in [6, 6.07) is 0. The van der Waals surface area contributed by atoms with Crippen LogP contribution < -0.4 is 0 Å². The Morgan fingerprint density at radius 1 is 0.783 bits per heavy atom. The molecule has 0 amide bonds. The lowest BCUT2D eigenvalue weighted by Crippen LogP contribution is -2.48. The number of rotatable bonds is 12. The molecule has 0 spiro atoms. The van der Waals surface area contributed by atoms with Crippen molar-refractivity contribution in [3.8, 4) is 0 Å². The highest BCUT2D eigenvalue weighted by molar-refractivity contribution is 7.90. The highest BCUT2D eigenvalue weighted by Gasteiger charge is 2.42. The molecular weight excluding hydrogens is 306 g/mol. The van der Waals surface area contributed by atoms with Crippen LogP contribution in [0.4, 0.5) is 0 Å². The lowest BCUT2D eigenvalue weighted by atomic mass is 9.95. The first-order chi connectivity index (χ1) is 11.0. The van der Waals surface area contributed by atoms with Gasteiger partial charge in [-0.3, -0.25) is 0 Å². The third-order valence-corrected chi connectivity index (χ3v) is 8.09. The Morgan fingerprint density at radius 2 is 1.26 bits per heavy atom. The fourth-order valence-electron chi connectivity index (χ4n) is 3.65. The van der Waals surface area contributed by atoms with Gasteiger partial charge in [-0.2, -0.15) is 0 Å². The summed E-state index contributed by atoms with van der Waals surface area (Å²) < 4.78 is 27.8. The standard InChI is InChI=1S/C19H39NO2S/c1-4-6-8-11-15-19(3,16-12-9-7-5-2)23(21,22)20-17-13-10-14-18-20/h4-18H2,1-3H3. The third-order valence-electron chi connectivity index (χ3n) is 5.40. The van der Waals surface area contributed by atoms with Crippen molar-refractivity contribution in [3.63, 3.8) is 0 Å². The van der Waals surface area contributed by atoms with Gasteiger partial charge in [0.05, 0.1) is 4.75 Å². The zero-order chi connectivity index (χ0) is 17.2. The van der Waals surface area contributed by atoms with Gasteiger partial charge in [-0.1, -0.05) is 71.6 Å². The van der Waals surface area contributed by atoms with E-state index in [4.69, 9.17) is 0 Å². The molecular formula is C19H39NO2S. The maximum atomic E-state index is 13.3. The van der Waals surface area contributed by atoms with Gasteiger partial charge < -0.3 is 0 Å². The summed E-state index contributed by atoms with van der Waals surface area (Å²) in [5, 5.41) is 0. The first kappa shape index (κ1) is 21.0. The summed E-state index contributed by atoms with van der Waals surface area (Å²) in [5.74, 6) is 0. The van der Waals surface area contributed by atoms with Crippen molar-refractivity contribution < 1.29 is 8.42 Å². The van der Waals surface area contributed by atoms with Crippen LogP contribution in [0.5, 0.6) is 0 Å². The number of sulfonamides is 1. The predicted octanol–water partition coefficient (Wildman–Crippen LogP) is 5.50. The van der Waals surface area contributed by atoms with E-state index in [2.05, 4.69) is 13.8 Å². The monoisotopic (exact) mass is 345 g/mol. The molecule has 0 aromatic rings. The van der Waals surface area contributed by atoms with Crippen molar-refractivity contribution in [3.05, 3.63) is 0 Å². The Balaban J connectivity index is 2.73. The number of piperidine rings is 1. The maximum Gasteiger partial charge on any atom is 0.219 e. The minimum atomic E-state index is -3.16. The third kappa shape index (κ3) is 6.38. The van der Waals surface area contributed by atoms with Crippen LogP contribution in [0.1, 0.15) is 104 Å². The van der Waals surface area contributed by atoms with E-state index in [0.29, 0.717) is 0 Å². The van der Waals surface area contributed by atoms with Crippen LogP contribution in [0.3, 0.4) is 0 Å². The minimum absolute atomic E-state index is 0.550. The molecule has 1 fully saturated rings. The van der Waals surface area contributed by atoms with Gasteiger partial charge in [-0.05, 0) is 32.6 Å². The van der Waals surface area contributed by atoms with Crippen LogP contribution >= 0.6 is 0 Å². The molecule has 138 valence electrons. The SMILES string of the molecule is CCCCCCC(C)(CCCCCC)S(=O)(=O)N1CCCCC1. The lowest BCUT2D eigenvalue weighted by molar-refractivity contribution is 0.321. The lowest BCUT2D eigenvalue weighted by Gasteiger charge is -2.37. The average Bonchev–Trinajstić information content (AvgIpc) is 2.56. The van der Waals surface area contributed by atoms with Crippen molar-refractivity contribution in [2.75, 3.05) is 13.1 Å². The van der Waals surface area contributed by atoms with E-state index >= 15 is 0 Å². The predicted molar refractivity (Wildman–Crippen MR) is 100 cm³/mol. The van der Waals surface area contributed by atoms with Gasteiger partial charge in [0.1, 0.15) is 0 Å². The van der Waals surface area contributed by atoms with Crippen molar-refractivity contribution in [1.29, 1.82) is 0 Å². The van der Waals surface area contributed by atoms with E-state index in [9.17, 15) is 8.42 Å². The van der Waals surface area contributed by atoms with Gasteiger partial charge in [-0.15, -0.1) is 0 Å². The molecule has 0 radical (unpaired) electrons. The highest BCUT2D eigenvalue weighted by atomic mass is 32.2. The minimum Gasteiger partial charge on any atom is -0.212 e. The summed E-state index contributed by atoms with van der Waals surface area (Å²) in [5.41, 5.74) is 0. The maximum absolute atomic E-state index is 13.3. The van der Waals surface area contributed by atoms with Crippen molar-refractivity contribution >= 4 is 10.0 Å². The quantitative estimate of drug-likeness (QED) is 0.438. The second kappa shape index (κ2) is 10.7. The fraction of sp³-hybridized carbons (Fsp3) is 1.00. The summed E-state index contributed by atoms with van der Waals surface area (Å²) in [6.07, 6.45) is 14.2. The molecule has 1 aliphatic rings. The Kier molecular flexibility index (Phi) is 9.76. The molecule has 0 atom stereocenters. The first-order valence-corrected chi connectivity index (χ1v) is 11.4.